The Kier molecular flexibility index (Phi) is 8.51. The van der Waals surface area contributed by atoms with Crippen LogP contribution in [0.2, 0.25) is 0 Å². The Morgan fingerprint density at radius 2 is 1.81 bits per heavy atom. The molecular formula is C24H24N2O5S. The Bertz CT molecular complexity index is 1060. The standard InChI is InChI=1S/C24H24N2O5S/c1-3-30-24(28)19-8-6-18(7-9-19)22-13-12-21(31-22)14-25-26-23(27)16-32-15-17-4-10-20(29-2)11-5-17/h4-14H,3,15-16H2,1-2H3,(H,26,27)/b25-14+. The molecule has 1 N–H and O–H groups in total. The lowest BCUT2D eigenvalue weighted by molar-refractivity contribution is -0.118. The van der Waals surface area contributed by atoms with E-state index in [9.17, 15) is 9.59 Å². The molecule has 0 fully saturated rings. The average molecular weight is 453 g/mol. The van der Waals surface area contributed by atoms with Gasteiger partial charge in [-0.1, -0.05) is 24.3 Å². The molecule has 0 saturated heterocycles. The van der Waals surface area contributed by atoms with Gasteiger partial charge in [-0.05, 0) is 48.9 Å². The Hall–Kier alpha value is -3.52. The van der Waals surface area contributed by atoms with E-state index in [4.69, 9.17) is 13.9 Å². The van der Waals surface area contributed by atoms with Crippen LogP contribution in [0.25, 0.3) is 11.3 Å². The molecule has 3 aromatic rings. The molecule has 0 atom stereocenters. The maximum atomic E-state index is 11.9. The number of thioether (sulfide) groups is 1. The predicted molar refractivity (Wildman–Crippen MR) is 125 cm³/mol. The molecule has 0 radical (unpaired) electrons. The molecule has 1 amide bonds. The van der Waals surface area contributed by atoms with Gasteiger partial charge in [0.2, 0.25) is 5.91 Å². The van der Waals surface area contributed by atoms with Crippen LogP contribution >= 0.6 is 11.8 Å². The number of carbonyl (C=O) groups excluding carboxylic acids is 2. The van der Waals surface area contributed by atoms with Crippen molar-refractivity contribution in [1.82, 2.24) is 5.43 Å². The Balaban J connectivity index is 1.44. The van der Waals surface area contributed by atoms with Gasteiger partial charge in [-0.3, -0.25) is 4.79 Å². The summed E-state index contributed by atoms with van der Waals surface area (Å²) < 4.78 is 15.8. The molecular weight excluding hydrogens is 428 g/mol. The zero-order valence-corrected chi connectivity index (χ0v) is 18.7. The second kappa shape index (κ2) is 11.8. The van der Waals surface area contributed by atoms with Gasteiger partial charge >= 0.3 is 5.97 Å². The largest absolute Gasteiger partial charge is 0.497 e. The van der Waals surface area contributed by atoms with Gasteiger partial charge in [-0.15, -0.1) is 11.8 Å². The number of ether oxygens (including phenoxy) is 2. The third kappa shape index (κ3) is 6.75. The molecule has 2 aromatic carbocycles. The molecule has 0 aliphatic heterocycles. The molecule has 0 spiro atoms. The van der Waals surface area contributed by atoms with Crippen molar-refractivity contribution >= 4 is 29.9 Å². The fourth-order valence-electron chi connectivity index (χ4n) is 2.75. The summed E-state index contributed by atoms with van der Waals surface area (Å²) in [5.41, 5.74) is 4.91. The van der Waals surface area contributed by atoms with Gasteiger partial charge in [0.25, 0.3) is 0 Å². The van der Waals surface area contributed by atoms with E-state index in [0.29, 0.717) is 29.4 Å². The maximum absolute atomic E-state index is 11.9. The number of hydrogen-bond acceptors (Lipinski definition) is 7. The van der Waals surface area contributed by atoms with E-state index in [1.807, 2.05) is 24.3 Å². The molecule has 166 valence electrons. The summed E-state index contributed by atoms with van der Waals surface area (Å²) >= 11 is 1.50. The minimum atomic E-state index is -0.357. The molecule has 1 heterocycles. The maximum Gasteiger partial charge on any atom is 0.338 e. The van der Waals surface area contributed by atoms with Crippen LogP contribution < -0.4 is 10.2 Å². The van der Waals surface area contributed by atoms with Crippen LogP contribution in [0.1, 0.15) is 28.6 Å². The highest BCUT2D eigenvalue weighted by Crippen LogP contribution is 2.22. The first-order valence-electron chi connectivity index (χ1n) is 9.99. The third-order valence-electron chi connectivity index (χ3n) is 4.35. The summed E-state index contributed by atoms with van der Waals surface area (Å²) in [6.45, 7) is 2.10. The number of furan rings is 1. The summed E-state index contributed by atoms with van der Waals surface area (Å²) in [5, 5.41) is 3.95. The van der Waals surface area contributed by atoms with Crippen LogP contribution in [0.15, 0.2) is 70.2 Å². The molecule has 0 aliphatic carbocycles. The number of esters is 1. The van der Waals surface area contributed by atoms with E-state index < -0.39 is 0 Å². The highest BCUT2D eigenvalue weighted by Gasteiger charge is 2.08. The first kappa shape index (κ1) is 23.1. The van der Waals surface area contributed by atoms with Crippen LogP contribution in [-0.4, -0.2) is 37.6 Å². The van der Waals surface area contributed by atoms with Gasteiger partial charge in [0.05, 0.1) is 31.2 Å². The number of methoxy groups -OCH3 is 1. The topological polar surface area (TPSA) is 90.1 Å². The van der Waals surface area contributed by atoms with Crippen molar-refractivity contribution < 1.29 is 23.5 Å². The van der Waals surface area contributed by atoms with E-state index in [2.05, 4.69) is 10.5 Å². The smallest absolute Gasteiger partial charge is 0.338 e. The Morgan fingerprint density at radius 3 is 2.50 bits per heavy atom. The van der Waals surface area contributed by atoms with Crippen molar-refractivity contribution in [3.05, 3.63) is 77.6 Å². The molecule has 32 heavy (non-hydrogen) atoms. The zero-order valence-electron chi connectivity index (χ0n) is 17.9. The molecule has 8 heteroatoms. The number of carbonyl (C=O) groups is 2. The third-order valence-corrected chi connectivity index (χ3v) is 5.35. The minimum absolute atomic E-state index is 0.193. The second-order valence-electron chi connectivity index (χ2n) is 6.63. The van der Waals surface area contributed by atoms with Crippen LogP contribution in [0.4, 0.5) is 0 Å². The fraction of sp³-hybridized carbons (Fsp3) is 0.208. The van der Waals surface area contributed by atoms with E-state index in [-0.39, 0.29) is 11.9 Å². The fourth-order valence-corrected chi connectivity index (χ4v) is 3.53. The summed E-state index contributed by atoms with van der Waals surface area (Å²) in [5.74, 6) is 2.40. The Morgan fingerprint density at radius 1 is 1.06 bits per heavy atom. The van der Waals surface area contributed by atoms with Crippen molar-refractivity contribution in [2.24, 2.45) is 5.10 Å². The predicted octanol–water partition coefficient (Wildman–Crippen LogP) is 4.52. The van der Waals surface area contributed by atoms with E-state index in [0.717, 1.165) is 22.6 Å². The normalized spacial score (nSPS) is 10.8. The van der Waals surface area contributed by atoms with Gasteiger partial charge in [-0.25, -0.2) is 10.2 Å². The summed E-state index contributed by atoms with van der Waals surface area (Å²) in [7, 11) is 1.63. The van der Waals surface area contributed by atoms with E-state index in [1.165, 1.54) is 18.0 Å². The summed E-state index contributed by atoms with van der Waals surface area (Å²) in [4.78, 5) is 23.7. The van der Waals surface area contributed by atoms with Crippen molar-refractivity contribution in [1.29, 1.82) is 0 Å². The van der Waals surface area contributed by atoms with Crippen molar-refractivity contribution in [3.8, 4) is 17.1 Å². The number of nitrogens with one attached hydrogen (secondary N) is 1. The number of amides is 1. The van der Waals surface area contributed by atoms with Gasteiger partial charge in [-0.2, -0.15) is 5.10 Å². The minimum Gasteiger partial charge on any atom is -0.497 e. The molecule has 7 nitrogen and oxygen atoms in total. The molecule has 0 bridgehead atoms. The second-order valence-corrected chi connectivity index (χ2v) is 7.62. The monoisotopic (exact) mass is 452 g/mol. The van der Waals surface area contributed by atoms with Crippen LogP contribution in [0, 0.1) is 0 Å². The highest BCUT2D eigenvalue weighted by atomic mass is 32.2. The molecule has 3 rings (SSSR count). The van der Waals surface area contributed by atoms with Gasteiger partial charge in [0.1, 0.15) is 17.3 Å². The number of benzene rings is 2. The highest BCUT2D eigenvalue weighted by molar-refractivity contribution is 7.99. The number of hydrazone groups is 1. The first-order chi connectivity index (χ1) is 15.6. The van der Waals surface area contributed by atoms with Gasteiger partial charge in [0, 0.05) is 11.3 Å². The quantitative estimate of drug-likeness (QED) is 0.276. The van der Waals surface area contributed by atoms with Gasteiger partial charge < -0.3 is 13.9 Å². The lowest BCUT2D eigenvalue weighted by Crippen LogP contribution is -2.19. The average Bonchev–Trinajstić information content (AvgIpc) is 3.29. The summed E-state index contributed by atoms with van der Waals surface area (Å²) in [6.07, 6.45) is 1.45. The van der Waals surface area contributed by atoms with Crippen LogP contribution in [-0.2, 0) is 15.3 Å². The van der Waals surface area contributed by atoms with Crippen LogP contribution in [0.5, 0.6) is 5.75 Å². The van der Waals surface area contributed by atoms with Crippen LogP contribution in [0.3, 0.4) is 0 Å². The lowest BCUT2D eigenvalue weighted by Gasteiger charge is -2.03. The molecule has 0 unspecified atom stereocenters. The number of rotatable bonds is 10. The zero-order chi connectivity index (χ0) is 22.8. The summed E-state index contributed by atoms with van der Waals surface area (Å²) in [6, 6.07) is 18.2. The van der Waals surface area contributed by atoms with Crippen molar-refractivity contribution in [2.45, 2.75) is 12.7 Å². The molecule has 1 aromatic heterocycles. The Labute approximate surface area is 190 Å². The van der Waals surface area contributed by atoms with Crippen molar-refractivity contribution in [2.75, 3.05) is 19.5 Å². The van der Waals surface area contributed by atoms with E-state index in [1.54, 1.807) is 50.4 Å². The van der Waals surface area contributed by atoms with Gasteiger partial charge in [0.15, 0.2) is 0 Å². The molecule has 0 aliphatic rings. The number of hydrogen-bond donors (Lipinski definition) is 1. The van der Waals surface area contributed by atoms with Crippen molar-refractivity contribution in [3.63, 3.8) is 0 Å². The molecule has 0 saturated carbocycles. The number of nitrogens with zero attached hydrogens (tertiary/aromatic N) is 1. The SMILES string of the molecule is CCOC(=O)c1ccc(-c2ccc(/C=N/NC(=O)CSCc3ccc(OC)cc3)o2)cc1. The first-order valence-corrected chi connectivity index (χ1v) is 11.1. The lowest BCUT2D eigenvalue weighted by atomic mass is 10.1. The van der Waals surface area contributed by atoms with E-state index >= 15 is 0 Å².